The molecule has 1 aliphatic carbocycles. The van der Waals surface area contributed by atoms with Crippen molar-refractivity contribution in [2.24, 2.45) is 5.92 Å². The molecule has 2 unspecified atom stereocenters. The van der Waals surface area contributed by atoms with Gasteiger partial charge in [0.25, 0.3) is 0 Å². The van der Waals surface area contributed by atoms with E-state index >= 15 is 0 Å². The quantitative estimate of drug-likeness (QED) is 0.784. The summed E-state index contributed by atoms with van der Waals surface area (Å²) in [6.45, 7) is 4.57. The predicted octanol–water partition coefficient (Wildman–Crippen LogP) is 3.85. The minimum absolute atomic E-state index is 0.138. The smallest absolute Gasteiger partial charge is 0.317 e. The van der Waals surface area contributed by atoms with Crippen LogP contribution >= 0.6 is 0 Å². The molecule has 2 atom stereocenters. The Morgan fingerprint density at radius 2 is 1.95 bits per heavy atom. The van der Waals surface area contributed by atoms with E-state index in [1.54, 1.807) is 0 Å². The van der Waals surface area contributed by atoms with E-state index in [4.69, 9.17) is 4.74 Å². The van der Waals surface area contributed by atoms with Crippen LogP contribution in [0.15, 0.2) is 24.3 Å². The van der Waals surface area contributed by atoms with E-state index in [-0.39, 0.29) is 12.8 Å². The lowest BCUT2D eigenvalue weighted by molar-refractivity contribution is 0.208. The number of hydrogen-bond acceptors (Lipinski definition) is 2. The van der Waals surface area contributed by atoms with Gasteiger partial charge >= 0.3 is 6.03 Å². The third-order valence-corrected chi connectivity index (χ3v) is 4.36. The molecule has 1 aromatic rings. The highest BCUT2D eigenvalue weighted by Gasteiger charge is 2.22. The van der Waals surface area contributed by atoms with Gasteiger partial charge in [-0.1, -0.05) is 45.2 Å². The number of rotatable bonds is 6. The highest BCUT2D eigenvalue weighted by atomic mass is 16.5. The molecule has 1 saturated carbocycles. The van der Waals surface area contributed by atoms with Gasteiger partial charge < -0.3 is 15.4 Å². The van der Waals surface area contributed by atoms with E-state index in [0.29, 0.717) is 12.0 Å². The van der Waals surface area contributed by atoms with Gasteiger partial charge in [0.05, 0.1) is 0 Å². The lowest BCUT2D eigenvalue weighted by Gasteiger charge is -2.29. The van der Waals surface area contributed by atoms with Crippen LogP contribution in [0.2, 0.25) is 0 Å². The molecular weight excluding hydrogens is 276 g/mol. The van der Waals surface area contributed by atoms with Crippen molar-refractivity contribution >= 4 is 6.03 Å². The number of aryl methyl sites for hydroxylation is 1. The maximum Gasteiger partial charge on any atom is 0.317 e. The van der Waals surface area contributed by atoms with E-state index < -0.39 is 0 Å². The standard InChI is InChI=1S/C18H28N2O2/c1-3-6-15-9-11-16(12-10-15)22-13-19-18(21)20-17-8-5-4-7-14(17)2/h9-12,14,17H,3-8,13H2,1-2H3,(H2,19,20,21). The number of hydrogen-bond donors (Lipinski definition) is 2. The number of carbonyl (C=O) groups excluding carboxylic acids is 1. The van der Waals surface area contributed by atoms with Crippen LogP contribution in [0.5, 0.6) is 5.75 Å². The summed E-state index contributed by atoms with van der Waals surface area (Å²) in [6, 6.07) is 8.20. The molecule has 0 heterocycles. The molecule has 2 amide bonds. The monoisotopic (exact) mass is 304 g/mol. The highest BCUT2D eigenvalue weighted by Crippen LogP contribution is 2.23. The third kappa shape index (κ3) is 5.24. The zero-order valence-electron chi connectivity index (χ0n) is 13.7. The molecule has 1 aliphatic rings. The molecule has 1 aromatic carbocycles. The van der Waals surface area contributed by atoms with Crippen molar-refractivity contribution < 1.29 is 9.53 Å². The molecule has 0 radical (unpaired) electrons. The molecule has 22 heavy (non-hydrogen) atoms. The van der Waals surface area contributed by atoms with Crippen LogP contribution in [-0.2, 0) is 6.42 Å². The number of benzene rings is 1. The minimum atomic E-state index is -0.138. The summed E-state index contributed by atoms with van der Waals surface area (Å²) in [5.41, 5.74) is 1.31. The summed E-state index contributed by atoms with van der Waals surface area (Å²) in [7, 11) is 0. The molecule has 0 aliphatic heterocycles. The Morgan fingerprint density at radius 3 is 2.64 bits per heavy atom. The van der Waals surface area contributed by atoms with Crippen LogP contribution in [-0.4, -0.2) is 18.8 Å². The predicted molar refractivity (Wildman–Crippen MR) is 89.0 cm³/mol. The number of carbonyl (C=O) groups is 1. The Balaban J connectivity index is 1.68. The number of amides is 2. The maximum atomic E-state index is 11.9. The van der Waals surface area contributed by atoms with Crippen molar-refractivity contribution in [3.8, 4) is 5.75 Å². The topological polar surface area (TPSA) is 50.4 Å². The number of ether oxygens (including phenoxy) is 1. The molecule has 4 nitrogen and oxygen atoms in total. The van der Waals surface area contributed by atoms with Crippen LogP contribution in [0.3, 0.4) is 0 Å². The summed E-state index contributed by atoms with van der Waals surface area (Å²) in [6.07, 6.45) is 6.98. The molecule has 122 valence electrons. The number of nitrogens with one attached hydrogen (secondary N) is 2. The zero-order chi connectivity index (χ0) is 15.8. The van der Waals surface area contributed by atoms with Gasteiger partial charge in [-0.15, -0.1) is 0 Å². The second kappa shape index (κ2) is 8.66. The van der Waals surface area contributed by atoms with Crippen molar-refractivity contribution in [2.75, 3.05) is 6.73 Å². The molecule has 0 aromatic heterocycles. The average molecular weight is 304 g/mol. The summed E-state index contributed by atoms with van der Waals surface area (Å²) in [5, 5.41) is 5.82. The molecule has 0 spiro atoms. The Bertz CT molecular complexity index is 459. The van der Waals surface area contributed by atoms with Gasteiger partial charge in [-0.05, 0) is 42.9 Å². The lowest BCUT2D eigenvalue weighted by Crippen LogP contribution is -2.46. The van der Waals surface area contributed by atoms with E-state index in [0.717, 1.165) is 25.0 Å². The summed E-state index contributed by atoms with van der Waals surface area (Å²) in [4.78, 5) is 11.9. The molecule has 0 bridgehead atoms. The van der Waals surface area contributed by atoms with Crippen LogP contribution in [0.1, 0.15) is 51.5 Å². The van der Waals surface area contributed by atoms with E-state index in [9.17, 15) is 4.79 Å². The average Bonchev–Trinajstić information content (AvgIpc) is 2.52. The minimum Gasteiger partial charge on any atom is -0.473 e. The Hall–Kier alpha value is -1.71. The number of urea groups is 1. The Labute approximate surface area is 133 Å². The fourth-order valence-corrected chi connectivity index (χ4v) is 2.98. The Kier molecular flexibility index (Phi) is 6.56. The summed E-state index contributed by atoms with van der Waals surface area (Å²) >= 11 is 0. The fourth-order valence-electron chi connectivity index (χ4n) is 2.98. The molecule has 0 saturated heterocycles. The molecule has 4 heteroatoms. The van der Waals surface area contributed by atoms with Crippen molar-refractivity contribution in [2.45, 2.75) is 58.4 Å². The first kappa shape index (κ1) is 16.7. The second-order valence-electron chi connectivity index (χ2n) is 6.20. The fraction of sp³-hybridized carbons (Fsp3) is 0.611. The van der Waals surface area contributed by atoms with Gasteiger partial charge in [-0.2, -0.15) is 0 Å². The van der Waals surface area contributed by atoms with Crippen molar-refractivity contribution in [1.82, 2.24) is 10.6 Å². The largest absolute Gasteiger partial charge is 0.473 e. The maximum absolute atomic E-state index is 11.9. The van der Waals surface area contributed by atoms with Gasteiger partial charge in [0.2, 0.25) is 0 Å². The van der Waals surface area contributed by atoms with Gasteiger partial charge in [-0.25, -0.2) is 4.79 Å². The second-order valence-corrected chi connectivity index (χ2v) is 6.20. The van der Waals surface area contributed by atoms with Crippen LogP contribution < -0.4 is 15.4 Å². The highest BCUT2D eigenvalue weighted by molar-refractivity contribution is 5.74. The first-order chi connectivity index (χ1) is 10.7. The van der Waals surface area contributed by atoms with Crippen molar-refractivity contribution in [3.63, 3.8) is 0 Å². The molecule has 1 fully saturated rings. The lowest BCUT2D eigenvalue weighted by atomic mass is 9.86. The van der Waals surface area contributed by atoms with E-state index in [1.807, 2.05) is 12.1 Å². The molecule has 2 N–H and O–H groups in total. The third-order valence-electron chi connectivity index (χ3n) is 4.36. The van der Waals surface area contributed by atoms with Gasteiger partial charge in [0.1, 0.15) is 5.75 Å². The normalized spacial score (nSPS) is 21.2. The van der Waals surface area contributed by atoms with E-state index in [1.165, 1.54) is 24.8 Å². The van der Waals surface area contributed by atoms with Crippen LogP contribution in [0.25, 0.3) is 0 Å². The van der Waals surface area contributed by atoms with Crippen LogP contribution in [0.4, 0.5) is 4.79 Å². The zero-order valence-corrected chi connectivity index (χ0v) is 13.7. The van der Waals surface area contributed by atoms with Crippen molar-refractivity contribution in [1.29, 1.82) is 0 Å². The molecular formula is C18H28N2O2. The van der Waals surface area contributed by atoms with Crippen LogP contribution in [0, 0.1) is 5.92 Å². The first-order valence-corrected chi connectivity index (χ1v) is 8.45. The van der Waals surface area contributed by atoms with Crippen molar-refractivity contribution in [3.05, 3.63) is 29.8 Å². The van der Waals surface area contributed by atoms with Gasteiger partial charge in [-0.3, -0.25) is 0 Å². The van der Waals surface area contributed by atoms with E-state index in [2.05, 4.69) is 36.6 Å². The van der Waals surface area contributed by atoms with Gasteiger partial charge in [0, 0.05) is 6.04 Å². The first-order valence-electron chi connectivity index (χ1n) is 8.45. The SMILES string of the molecule is CCCc1ccc(OCNC(=O)NC2CCCCC2C)cc1. The van der Waals surface area contributed by atoms with Gasteiger partial charge in [0.15, 0.2) is 6.73 Å². The summed E-state index contributed by atoms with van der Waals surface area (Å²) in [5.74, 6) is 1.35. The molecule has 2 rings (SSSR count). The Morgan fingerprint density at radius 1 is 1.23 bits per heavy atom. The summed E-state index contributed by atoms with van der Waals surface area (Å²) < 4.78 is 5.55.